The molecule has 0 aliphatic rings. The molecule has 0 unspecified atom stereocenters. The van der Waals surface area contributed by atoms with E-state index < -0.39 is 0 Å². The van der Waals surface area contributed by atoms with Crippen LogP contribution in [0.15, 0.2) is 83.8 Å². The van der Waals surface area contributed by atoms with E-state index in [0.29, 0.717) is 16.7 Å². The predicted octanol–water partition coefficient (Wildman–Crippen LogP) is 5.06. The van der Waals surface area contributed by atoms with Gasteiger partial charge in [-0.05, 0) is 54.6 Å². The summed E-state index contributed by atoms with van der Waals surface area (Å²) in [6.07, 6.45) is 6.00. The van der Waals surface area contributed by atoms with Crippen LogP contribution in [0.1, 0.15) is 11.4 Å². The molecule has 2 heterocycles. The van der Waals surface area contributed by atoms with Crippen LogP contribution in [0.5, 0.6) is 5.75 Å². The van der Waals surface area contributed by atoms with E-state index in [4.69, 9.17) is 9.72 Å². The van der Waals surface area contributed by atoms with E-state index in [9.17, 15) is 4.79 Å². The van der Waals surface area contributed by atoms with Gasteiger partial charge in [0, 0.05) is 29.7 Å². The molecule has 0 spiro atoms. The van der Waals surface area contributed by atoms with Crippen molar-refractivity contribution in [3.63, 3.8) is 0 Å². The van der Waals surface area contributed by atoms with Crippen LogP contribution in [0.2, 0.25) is 0 Å². The third-order valence-electron chi connectivity index (χ3n) is 5.47. The van der Waals surface area contributed by atoms with Gasteiger partial charge in [-0.1, -0.05) is 30.3 Å². The Bertz CT molecular complexity index is 1490. The monoisotopic (exact) mass is 407 g/mol. The predicted molar refractivity (Wildman–Crippen MR) is 126 cm³/mol. The molecule has 0 aliphatic carbocycles. The molecule has 0 atom stereocenters. The Labute approximate surface area is 179 Å². The summed E-state index contributed by atoms with van der Waals surface area (Å²) in [7, 11) is 3.65. The number of benzene rings is 3. The van der Waals surface area contributed by atoms with E-state index >= 15 is 0 Å². The second-order valence-corrected chi connectivity index (χ2v) is 7.37. The zero-order valence-corrected chi connectivity index (χ0v) is 17.3. The normalized spacial score (nSPS) is 11.5. The largest absolute Gasteiger partial charge is 0.497 e. The molecule has 0 saturated carbocycles. The average molecular weight is 407 g/mol. The quantitative estimate of drug-likeness (QED) is 0.419. The van der Waals surface area contributed by atoms with Crippen LogP contribution >= 0.6 is 0 Å². The third kappa shape index (κ3) is 3.30. The van der Waals surface area contributed by atoms with Crippen LogP contribution in [-0.2, 0) is 7.05 Å². The molecule has 0 aliphatic heterocycles. The van der Waals surface area contributed by atoms with E-state index in [1.54, 1.807) is 11.7 Å². The summed E-state index contributed by atoms with van der Waals surface area (Å²) in [4.78, 5) is 18.2. The van der Waals surface area contributed by atoms with Gasteiger partial charge >= 0.3 is 0 Å². The fraction of sp³-hybridized carbons (Fsp3) is 0.0769. The lowest BCUT2D eigenvalue weighted by Crippen LogP contribution is -2.22. The first-order chi connectivity index (χ1) is 15.2. The molecule has 152 valence electrons. The van der Waals surface area contributed by atoms with E-state index in [1.165, 1.54) is 0 Å². The molecule has 5 nitrogen and oxygen atoms in total. The Morgan fingerprint density at radius 2 is 1.58 bits per heavy atom. The molecule has 31 heavy (non-hydrogen) atoms. The number of hydrogen-bond acceptors (Lipinski definition) is 3. The maximum absolute atomic E-state index is 13.4. The number of fused-ring (bicyclic) bond motifs is 2. The highest BCUT2D eigenvalue weighted by Crippen LogP contribution is 2.23. The van der Waals surface area contributed by atoms with Gasteiger partial charge in [0.15, 0.2) is 0 Å². The van der Waals surface area contributed by atoms with Gasteiger partial charge in [0.05, 0.1) is 23.7 Å². The lowest BCUT2D eigenvalue weighted by atomic mass is 10.1. The fourth-order valence-electron chi connectivity index (χ4n) is 3.91. The second-order valence-electron chi connectivity index (χ2n) is 7.37. The molecule has 3 aromatic carbocycles. The molecule has 0 saturated heterocycles. The van der Waals surface area contributed by atoms with Gasteiger partial charge in [-0.25, -0.2) is 4.98 Å². The number of para-hydroxylation sites is 2. The van der Waals surface area contributed by atoms with Gasteiger partial charge in [-0.3, -0.25) is 9.36 Å². The zero-order chi connectivity index (χ0) is 21.4. The Balaban J connectivity index is 1.71. The zero-order valence-electron chi connectivity index (χ0n) is 17.3. The number of aryl methyl sites for hydroxylation is 1. The van der Waals surface area contributed by atoms with Crippen LogP contribution < -0.4 is 10.3 Å². The summed E-state index contributed by atoms with van der Waals surface area (Å²) in [5, 5.41) is 1.74. The first-order valence-corrected chi connectivity index (χ1v) is 10.0. The lowest BCUT2D eigenvalue weighted by Gasteiger charge is -2.12. The van der Waals surface area contributed by atoms with Gasteiger partial charge in [-0.15, -0.1) is 0 Å². The molecule has 0 radical (unpaired) electrons. The van der Waals surface area contributed by atoms with Crippen molar-refractivity contribution in [1.82, 2.24) is 14.1 Å². The minimum atomic E-state index is -0.103. The van der Waals surface area contributed by atoms with E-state index in [2.05, 4.69) is 22.9 Å². The van der Waals surface area contributed by atoms with Crippen LogP contribution in [0, 0.1) is 0 Å². The highest BCUT2D eigenvalue weighted by molar-refractivity contribution is 5.92. The van der Waals surface area contributed by atoms with Gasteiger partial charge in [0.2, 0.25) is 0 Å². The van der Waals surface area contributed by atoms with Crippen LogP contribution in [0.4, 0.5) is 0 Å². The maximum Gasteiger partial charge on any atom is 0.266 e. The number of aromatic nitrogens is 3. The van der Waals surface area contributed by atoms with Gasteiger partial charge in [0.25, 0.3) is 5.56 Å². The van der Waals surface area contributed by atoms with Gasteiger partial charge in [-0.2, -0.15) is 0 Å². The van der Waals surface area contributed by atoms with Gasteiger partial charge in [0.1, 0.15) is 11.6 Å². The minimum Gasteiger partial charge on any atom is -0.497 e. The molecule has 0 bridgehead atoms. The standard InChI is InChI=1S/C26H21N3O2/c1-28-17-18(21-7-4-6-10-24(21)28)11-16-25-27-23-9-5-3-8-22(23)26(30)29(25)19-12-14-20(31-2)15-13-19/h3-17H,1-2H3/b16-11-. The molecular formula is C26H21N3O2. The van der Waals surface area contributed by atoms with Crippen molar-refractivity contribution in [2.45, 2.75) is 0 Å². The summed E-state index contributed by atoms with van der Waals surface area (Å²) >= 11 is 0. The molecule has 0 amide bonds. The number of hydrogen-bond donors (Lipinski definition) is 0. The average Bonchev–Trinajstić information content (AvgIpc) is 3.14. The summed E-state index contributed by atoms with van der Waals surface area (Å²) in [5.41, 5.74) is 3.53. The first kappa shape index (κ1) is 18.9. The minimum absolute atomic E-state index is 0.103. The number of methoxy groups -OCH3 is 1. The fourth-order valence-corrected chi connectivity index (χ4v) is 3.91. The Kier molecular flexibility index (Phi) is 4.64. The van der Waals surface area contributed by atoms with Crippen molar-refractivity contribution < 1.29 is 4.74 Å². The molecule has 0 fully saturated rings. The van der Waals surface area contributed by atoms with E-state index in [0.717, 1.165) is 27.9 Å². The maximum atomic E-state index is 13.4. The summed E-state index contributed by atoms with van der Waals surface area (Å²) in [6.45, 7) is 0. The van der Waals surface area contributed by atoms with Crippen LogP contribution in [0.3, 0.4) is 0 Å². The van der Waals surface area contributed by atoms with Crippen molar-refractivity contribution in [1.29, 1.82) is 0 Å². The molecule has 0 N–H and O–H groups in total. The number of rotatable bonds is 4. The summed E-state index contributed by atoms with van der Waals surface area (Å²) in [5.74, 6) is 1.31. The molecule has 5 rings (SSSR count). The molecule has 5 aromatic rings. The topological polar surface area (TPSA) is 49.0 Å². The molecular weight excluding hydrogens is 386 g/mol. The second kappa shape index (κ2) is 7.61. The van der Waals surface area contributed by atoms with Crippen molar-refractivity contribution in [3.05, 3.63) is 101 Å². The van der Waals surface area contributed by atoms with Gasteiger partial charge < -0.3 is 9.30 Å². The van der Waals surface area contributed by atoms with Crippen molar-refractivity contribution in [2.24, 2.45) is 7.05 Å². The van der Waals surface area contributed by atoms with Crippen molar-refractivity contribution in [2.75, 3.05) is 7.11 Å². The third-order valence-corrected chi connectivity index (χ3v) is 5.47. The summed E-state index contributed by atoms with van der Waals surface area (Å²) in [6, 6.07) is 23.1. The Hall–Kier alpha value is -4.12. The smallest absolute Gasteiger partial charge is 0.266 e. The number of ether oxygens (including phenoxy) is 1. The first-order valence-electron chi connectivity index (χ1n) is 10.0. The lowest BCUT2D eigenvalue weighted by molar-refractivity contribution is 0.414. The Morgan fingerprint density at radius 3 is 2.35 bits per heavy atom. The Morgan fingerprint density at radius 1 is 0.871 bits per heavy atom. The highest BCUT2D eigenvalue weighted by atomic mass is 16.5. The van der Waals surface area contributed by atoms with Crippen LogP contribution in [0.25, 0.3) is 39.6 Å². The highest BCUT2D eigenvalue weighted by Gasteiger charge is 2.12. The van der Waals surface area contributed by atoms with E-state index in [1.807, 2.05) is 79.9 Å². The van der Waals surface area contributed by atoms with E-state index in [-0.39, 0.29) is 5.56 Å². The molecule has 5 heteroatoms. The van der Waals surface area contributed by atoms with Crippen LogP contribution in [-0.4, -0.2) is 21.2 Å². The van der Waals surface area contributed by atoms with Crippen molar-refractivity contribution in [3.8, 4) is 11.4 Å². The van der Waals surface area contributed by atoms with Crippen molar-refractivity contribution >= 4 is 34.0 Å². The SMILES string of the molecule is COc1ccc(-n2c(/C=C\c3cn(C)c4ccccc34)nc3ccccc3c2=O)cc1. The molecule has 2 aromatic heterocycles. The number of nitrogens with zero attached hydrogens (tertiary/aromatic N) is 3. The summed E-state index contributed by atoms with van der Waals surface area (Å²) < 4.78 is 9.00.